The van der Waals surface area contributed by atoms with Crippen molar-refractivity contribution in [1.29, 1.82) is 0 Å². The van der Waals surface area contributed by atoms with Crippen LogP contribution < -0.4 is 5.73 Å². The number of nitrogens with two attached hydrogens (primary N) is 1. The number of hydrogen-bond donors (Lipinski definition) is 1. The van der Waals surface area contributed by atoms with Crippen LogP contribution in [0, 0.1) is 0 Å². The molecule has 0 aromatic carbocycles. The van der Waals surface area contributed by atoms with Crippen molar-refractivity contribution in [1.82, 2.24) is 0 Å². The summed E-state index contributed by atoms with van der Waals surface area (Å²) in [6, 6.07) is 0. The lowest BCUT2D eigenvalue weighted by Crippen LogP contribution is -2.26. The van der Waals surface area contributed by atoms with Crippen LogP contribution >= 0.6 is 12.4 Å². The SMILES string of the molecule is CC1(C)OC[C@@H](CN)O1.Cl. The number of halogens is 1. The van der Waals surface area contributed by atoms with Gasteiger partial charge < -0.3 is 15.2 Å². The molecule has 0 saturated carbocycles. The molecule has 1 heterocycles. The third-order valence-electron chi connectivity index (χ3n) is 1.33. The Labute approximate surface area is 67.3 Å². The lowest BCUT2D eigenvalue weighted by molar-refractivity contribution is -0.137. The van der Waals surface area contributed by atoms with Crippen molar-refractivity contribution in [2.24, 2.45) is 5.73 Å². The topological polar surface area (TPSA) is 44.5 Å². The van der Waals surface area contributed by atoms with Crippen molar-refractivity contribution in [3.8, 4) is 0 Å². The van der Waals surface area contributed by atoms with Crippen molar-refractivity contribution >= 4 is 12.4 Å². The van der Waals surface area contributed by atoms with E-state index in [9.17, 15) is 0 Å². The van der Waals surface area contributed by atoms with Gasteiger partial charge in [0, 0.05) is 6.54 Å². The van der Waals surface area contributed by atoms with Gasteiger partial charge in [-0.2, -0.15) is 0 Å². The van der Waals surface area contributed by atoms with E-state index in [2.05, 4.69) is 0 Å². The van der Waals surface area contributed by atoms with Crippen LogP contribution in [0.2, 0.25) is 0 Å². The molecule has 10 heavy (non-hydrogen) atoms. The molecule has 0 amide bonds. The summed E-state index contributed by atoms with van der Waals surface area (Å²) in [6.07, 6.45) is 0.0972. The summed E-state index contributed by atoms with van der Waals surface area (Å²) in [5, 5.41) is 0. The first-order valence-corrected chi connectivity index (χ1v) is 3.16. The molecule has 1 atom stereocenters. The maximum atomic E-state index is 5.35. The third kappa shape index (κ3) is 2.42. The highest BCUT2D eigenvalue weighted by Gasteiger charge is 2.31. The predicted octanol–water partition coefficient (Wildman–Crippen LogP) is 0.518. The van der Waals surface area contributed by atoms with E-state index >= 15 is 0 Å². The fourth-order valence-electron chi connectivity index (χ4n) is 0.879. The quantitative estimate of drug-likeness (QED) is 0.620. The predicted molar refractivity (Wildman–Crippen MR) is 41.2 cm³/mol. The van der Waals surface area contributed by atoms with Crippen molar-refractivity contribution in [2.45, 2.75) is 25.7 Å². The van der Waals surface area contributed by atoms with Gasteiger partial charge in [0.15, 0.2) is 5.79 Å². The average molecular weight is 168 g/mol. The molecule has 0 aliphatic carbocycles. The Bertz CT molecular complexity index is 108. The normalized spacial score (nSPS) is 29.7. The lowest BCUT2D eigenvalue weighted by atomic mass is 10.4. The van der Waals surface area contributed by atoms with E-state index in [4.69, 9.17) is 15.2 Å². The van der Waals surface area contributed by atoms with Crippen molar-refractivity contribution in [3.05, 3.63) is 0 Å². The first kappa shape index (κ1) is 10.2. The second-order valence-electron chi connectivity index (χ2n) is 2.69. The standard InChI is InChI=1S/C6H13NO2.ClH/c1-6(2)8-4-5(3-7)9-6;/h5H,3-4,7H2,1-2H3;1H/t5-;/m1./s1. The Morgan fingerprint density at radius 1 is 1.60 bits per heavy atom. The Hall–Kier alpha value is 0.170. The molecule has 1 fully saturated rings. The highest BCUT2D eigenvalue weighted by molar-refractivity contribution is 5.85. The van der Waals surface area contributed by atoms with Gasteiger partial charge in [0.25, 0.3) is 0 Å². The minimum Gasteiger partial charge on any atom is -0.348 e. The van der Waals surface area contributed by atoms with Crippen molar-refractivity contribution < 1.29 is 9.47 Å². The second kappa shape index (κ2) is 3.53. The molecule has 0 spiro atoms. The summed E-state index contributed by atoms with van der Waals surface area (Å²) >= 11 is 0. The zero-order valence-electron chi connectivity index (χ0n) is 6.29. The van der Waals surface area contributed by atoms with E-state index in [1.54, 1.807) is 0 Å². The number of hydrogen-bond acceptors (Lipinski definition) is 3. The third-order valence-corrected chi connectivity index (χ3v) is 1.33. The molecule has 0 aromatic heterocycles. The van der Waals surface area contributed by atoms with Gasteiger partial charge in [-0.05, 0) is 13.8 Å². The van der Waals surface area contributed by atoms with Gasteiger partial charge in [-0.3, -0.25) is 0 Å². The van der Waals surface area contributed by atoms with Crippen LogP contribution in [0.25, 0.3) is 0 Å². The number of rotatable bonds is 1. The van der Waals surface area contributed by atoms with Gasteiger partial charge in [0.05, 0.1) is 12.7 Å². The highest BCUT2D eigenvalue weighted by atomic mass is 35.5. The molecule has 3 nitrogen and oxygen atoms in total. The Morgan fingerprint density at radius 2 is 2.20 bits per heavy atom. The van der Waals surface area contributed by atoms with Crippen LogP contribution in [0.3, 0.4) is 0 Å². The first-order chi connectivity index (χ1) is 4.14. The summed E-state index contributed by atoms with van der Waals surface area (Å²) < 4.78 is 10.6. The summed E-state index contributed by atoms with van der Waals surface area (Å²) in [5.41, 5.74) is 5.35. The Kier molecular flexibility index (Phi) is 3.59. The largest absolute Gasteiger partial charge is 0.348 e. The van der Waals surface area contributed by atoms with Crippen LogP contribution in [0.15, 0.2) is 0 Å². The van der Waals surface area contributed by atoms with Gasteiger partial charge in [-0.25, -0.2) is 0 Å². The molecule has 4 heteroatoms. The van der Waals surface area contributed by atoms with E-state index < -0.39 is 5.79 Å². The van der Waals surface area contributed by atoms with Crippen molar-refractivity contribution in [3.63, 3.8) is 0 Å². The van der Waals surface area contributed by atoms with E-state index in [1.807, 2.05) is 13.8 Å². The van der Waals surface area contributed by atoms with Gasteiger partial charge in [0.1, 0.15) is 0 Å². The highest BCUT2D eigenvalue weighted by Crippen LogP contribution is 2.20. The van der Waals surface area contributed by atoms with E-state index in [0.29, 0.717) is 13.2 Å². The van der Waals surface area contributed by atoms with E-state index in [-0.39, 0.29) is 18.5 Å². The van der Waals surface area contributed by atoms with Gasteiger partial charge in [-0.15, -0.1) is 12.4 Å². The van der Waals surface area contributed by atoms with Gasteiger partial charge in [-0.1, -0.05) is 0 Å². The fraction of sp³-hybridized carbons (Fsp3) is 1.00. The molecule has 2 N–H and O–H groups in total. The summed E-state index contributed by atoms with van der Waals surface area (Å²) in [4.78, 5) is 0. The zero-order chi connectivity index (χ0) is 6.91. The second-order valence-corrected chi connectivity index (χ2v) is 2.69. The molecule has 62 valence electrons. The van der Waals surface area contributed by atoms with Crippen LogP contribution in [-0.2, 0) is 9.47 Å². The van der Waals surface area contributed by atoms with E-state index in [0.717, 1.165) is 0 Å². The minimum absolute atomic E-state index is 0. The van der Waals surface area contributed by atoms with Crippen molar-refractivity contribution in [2.75, 3.05) is 13.2 Å². The monoisotopic (exact) mass is 167 g/mol. The molecule has 1 rings (SSSR count). The van der Waals surface area contributed by atoms with Gasteiger partial charge in [0.2, 0.25) is 0 Å². The molecule has 1 aliphatic rings. The summed E-state index contributed by atoms with van der Waals surface area (Å²) in [5.74, 6) is -0.413. The maximum absolute atomic E-state index is 5.35. The van der Waals surface area contributed by atoms with Gasteiger partial charge >= 0.3 is 0 Å². The Morgan fingerprint density at radius 3 is 2.40 bits per heavy atom. The van der Waals surface area contributed by atoms with Crippen LogP contribution in [-0.4, -0.2) is 25.0 Å². The molecule has 0 radical (unpaired) electrons. The first-order valence-electron chi connectivity index (χ1n) is 3.16. The minimum atomic E-state index is -0.413. The lowest BCUT2D eigenvalue weighted by Gasteiger charge is -2.15. The molecule has 0 unspecified atom stereocenters. The Balaban J connectivity index is 0.000000810. The smallest absolute Gasteiger partial charge is 0.163 e. The zero-order valence-corrected chi connectivity index (χ0v) is 7.11. The average Bonchev–Trinajstić information content (AvgIpc) is 2.10. The fourth-order valence-corrected chi connectivity index (χ4v) is 0.879. The number of ether oxygens (including phenoxy) is 2. The molecule has 0 aromatic rings. The summed E-state index contributed by atoms with van der Waals surface area (Å²) in [6.45, 7) is 4.96. The molecular formula is C6H14ClNO2. The summed E-state index contributed by atoms with van der Waals surface area (Å²) in [7, 11) is 0. The molecular weight excluding hydrogens is 154 g/mol. The van der Waals surface area contributed by atoms with E-state index in [1.165, 1.54) is 0 Å². The van der Waals surface area contributed by atoms with Crippen LogP contribution in [0.5, 0.6) is 0 Å². The van der Waals surface area contributed by atoms with Crippen LogP contribution in [0.1, 0.15) is 13.8 Å². The van der Waals surface area contributed by atoms with Crippen LogP contribution in [0.4, 0.5) is 0 Å². The molecule has 1 aliphatic heterocycles. The maximum Gasteiger partial charge on any atom is 0.163 e. The molecule has 0 bridgehead atoms. The molecule has 1 saturated heterocycles.